The monoisotopic (exact) mass is 250 g/mol. The second kappa shape index (κ2) is 8.03. The Labute approximate surface area is 100 Å². The molecule has 0 saturated heterocycles. The van der Waals surface area contributed by atoms with Crippen LogP contribution >= 0.6 is 0 Å². The van der Waals surface area contributed by atoms with E-state index in [2.05, 4.69) is 0 Å². The molecule has 0 aromatic heterocycles. The van der Waals surface area contributed by atoms with Crippen LogP contribution in [-0.4, -0.2) is 37.6 Å². The maximum Gasteiger partial charge on any atom is 0.215 e. The minimum absolute atomic E-state index is 0.0842. The Morgan fingerprint density at radius 1 is 1.06 bits per heavy atom. The van der Waals surface area contributed by atoms with Crippen LogP contribution in [0, 0.1) is 0 Å². The lowest BCUT2D eigenvalue weighted by molar-refractivity contribution is 0.406. The molecule has 0 spiro atoms. The number of sulfonamides is 1. The smallest absolute Gasteiger partial charge is 0.215 e. The molecule has 4 nitrogen and oxygen atoms in total. The van der Waals surface area contributed by atoms with Gasteiger partial charge in [0.15, 0.2) is 0 Å². The lowest BCUT2D eigenvalue weighted by atomic mass is 10.2. The zero-order chi connectivity index (χ0) is 12.6. The molecule has 16 heavy (non-hydrogen) atoms. The summed E-state index contributed by atoms with van der Waals surface area (Å²) in [5.41, 5.74) is 5.79. The molecular weight excluding hydrogens is 224 g/mol. The van der Waals surface area contributed by atoms with E-state index in [1.807, 2.05) is 20.8 Å². The molecule has 0 fully saturated rings. The number of hydrogen-bond acceptors (Lipinski definition) is 3. The van der Waals surface area contributed by atoms with Gasteiger partial charge in [-0.25, -0.2) is 12.7 Å². The quantitative estimate of drug-likeness (QED) is 0.675. The molecule has 0 aliphatic heterocycles. The molecule has 1 unspecified atom stereocenters. The van der Waals surface area contributed by atoms with E-state index >= 15 is 0 Å². The minimum atomic E-state index is -3.16. The van der Waals surface area contributed by atoms with Gasteiger partial charge in [0.1, 0.15) is 0 Å². The standard InChI is InChI=1S/C11H26N2O2S/c1-4-7-11(12)10-16(14,15)13(8-5-2)9-6-3/h11H,4-10,12H2,1-3H3. The van der Waals surface area contributed by atoms with Crippen molar-refractivity contribution in [2.24, 2.45) is 5.73 Å². The fourth-order valence-corrected chi connectivity index (χ4v) is 3.56. The molecule has 0 bridgehead atoms. The summed E-state index contributed by atoms with van der Waals surface area (Å²) in [5, 5.41) is 0. The van der Waals surface area contributed by atoms with Crippen molar-refractivity contribution in [1.82, 2.24) is 4.31 Å². The van der Waals surface area contributed by atoms with Gasteiger partial charge in [-0.2, -0.15) is 0 Å². The Morgan fingerprint density at radius 2 is 1.56 bits per heavy atom. The van der Waals surface area contributed by atoms with Crippen molar-refractivity contribution in [1.29, 1.82) is 0 Å². The first kappa shape index (κ1) is 15.9. The van der Waals surface area contributed by atoms with Crippen molar-refractivity contribution >= 4 is 10.0 Å². The zero-order valence-electron chi connectivity index (χ0n) is 10.8. The third kappa shape index (κ3) is 5.82. The SMILES string of the molecule is CCCC(N)CS(=O)(=O)N(CCC)CCC. The Hall–Kier alpha value is -0.130. The Bertz CT molecular complexity index is 259. The molecule has 0 aliphatic carbocycles. The first-order valence-electron chi connectivity index (χ1n) is 6.21. The third-order valence-electron chi connectivity index (χ3n) is 2.42. The van der Waals surface area contributed by atoms with E-state index in [1.165, 1.54) is 0 Å². The summed E-state index contributed by atoms with van der Waals surface area (Å²) < 4.78 is 25.7. The van der Waals surface area contributed by atoms with E-state index in [-0.39, 0.29) is 11.8 Å². The molecule has 0 aromatic carbocycles. The van der Waals surface area contributed by atoms with Gasteiger partial charge in [0.05, 0.1) is 5.75 Å². The van der Waals surface area contributed by atoms with Crippen LogP contribution in [0.3, 0.4) is 0 Å². The molecule has 0 aliphatic rings. The first-order valence-corrected chi connectivity index (χ1v) is 7.82. The minimum Gasteiger partial charge on any atom is -0.327 e. The molecule has 2 N–H and O–H groups in total. The maximum atomic E-state index is 12.0. The average molecular weight is 250 g/mol. The summed E-state index contributed by atoms with van der Waals surface area (Å²) in [6.45, 7) is 7.21. The average Bonchev–Trinajstić information content (AvgIpc) is 2.17. The second-order valence-corrected chi connectivity index (χ2v) is 6.24. The van der Waals surface area contributed by atoms with Crippen LogP contribution in [0.4, 0.5) is 0 Å². The van der Waals surface area contributed by atoms with Gasteiger partial charge in [-0.3, -0.25) is 0 Å². The molecule has 98 valence electrons. The van der Waals surface area contributed by atoms with Crippen LogP contribution in [-0.2, 0) is 10.0 Å². The number of rotatable bonds is 9. The van der Waals surface area contributed by atoms with Gasteiger partial charge in [-0.15, -0.1) is 0 Å². The fourth-order valence-electron chi connectivity index (χ4n) is 1.72. The van der Waals surface area contributed by atoms with Crippen molar-refractivity contribution < 1.29 is 8.42 Å². The van der Waals surface area contributed by atoms with Gasteiger partial charge in [0.25, 0.3) is 0 Å². The van der Waals surface area contributed by atoms with Gasteiger partial charge < -0.3 is 5.73 Å². The number of hydrogen-bond donors (Lipinski definition) is 1. The van der Waals surface area contributed by atoms with Crippen LogP contribution in [0.25, 0.3) is 0 Å². The maximum absolute atomic E-state index is 12.0. The lowest BCUT2D eigenvalue weighted by Crippen LogP contribution is -2.40. The Kier molecular flexibility index (Phi) is 7.97. The van der Waals surface area contributed by atoms with E-state index in [0.29, 0.717) is 13.1 Å². The topological polar surface area (TPSA) is 63.4 Å². The highest BCUT2D eigenvalue weighted by Gasteiger charge is 2.22. The van der Waals surface area contributed by atoms with Gasteiger partial charge in [0.2, 0.25) is 10.0 Å². The van der Waals surface area contributed by atoms with Crippen molar-refractivity contribution in [2.75, 3.05) is 18.8 Å². The predicted molar refractivity (Wildman–Crippen MR) is 68.8 cm³/mol. The van der Waals surface area contributed by atoms with Crippen LogP contribution < -0.4 is 5.73 Å². The van der Waals surface area contributed by atoms with Gasteiger partial charge in [-0.1, -0.05) is 27.2 Å². The van der Waals surface area contributed by atoms with E-state index in [0.717, 1.165) is 25.7 Å². The van der Waals surface area contributed by atoms with Crippen LogP contribution in [0.2, 0.25) is 0 Å². The van der Waals surface area contributed by atoms with Crippen molar-refractivity contribution in [3.05, 3.63) is 0 Å². The van der Waals surface area contributed by atoms with E-state index in [4.69, 9.17) is 5.73 Å². The van der Waals surface area contributed by atoms with E-state index in [1.54, 1.807) is 4.31 Å². The summed E-state index contributed by atoms with van der Waals surface area (Å²) in [5.74, 6) is 0.0842. The highest BCUT2D eigenvalue weighted by molar-refractivity contribution is 7.89. The Morgan fingerprint density at radius 3 is 1.94 bits per heavy atom. The Balaban J connectivity index is 4.46. The van der Waals surface area contributed by atoms with Gasteiger partial charge in [0, 0.05) is 19.1 Å². The molecule has 0 aromatic rings. The summed E-state index contributed by atoms with van der Waals surface area (Å²) in [6.07, 6.45) is 3.40. The van der Waals surface area contributed by atoms with Crippen LogP contribution in [0.15, 0.2) is 0 Å². The number of nitrogens with zero attached hydrogens (tertiary/aromatic N) is 1. The third-order valence-corrected chi connectivity index (χ3v) is 4.42. The molecule has 5 heteroatoms. The predicted octanol–water partition coefficient (Wildman–Crippen LogP) is 1.57. The highest BCUT2D eigenvalue weighted by atomic mass is 32.2. The molecule has 0 rings (SSSR count). The van der Waals surface area contributed by atoms with Crippen LogP contribution in [0.5, 0.6) is 0 Å². The van der Waals surface area contributed by atoms with Gasteiger partial charge in [-0.05, 0) is 19.3 Å². The fraction of sp³-hybridized carbons (Fsp3) is 1.00. The van der Waals surface area contributed by atoms with E-state index in [9.17, 15) is 8.42 Å². The molecule has 0 heterocycles. The summed E-state index contributed by atoms with van der Waals surface area (Å²) in [4.78, 5) is 0. The van der Waals surface area contributed by atoms with E-state index < -0.39 is 10.0 Å². The van der Waals surface area contributed by atoms with Gasteiger partial charge >= 0.3 is 0 Å². The van der Waals surface area contributed by atoms with Crippen molar-refractivity contribution in [3.8, 4) is 0 Å². The molecule has 0 amide bonds. The molecule has 0 saturated carbocycles. The van der Waals surface area contributed by atoms with Crippen LogP contribution in [0.1, 0.15) is 46.5 Å². The zero-order valence-corrected chi connectivity index (χ0v) is 11.6. The molecular formula is C11H26N2O2S. The summed E-state index contributed by atoms with van der Waals surface area (Å²) >= 11 is 0. The highest BCUT2D eigenvalue weighted by Crippen LogP contribution is 2.07. The van der Waals surface area contributed by atoms with Crippen molar-refractivity contribution in [2.45, 2.75) is 52.5 Å². The summed E-state index contributed by atoms with van der Waals surface area (Å²) in [7, 11) is -3.16. The summed E-state index contributed by atoms with van der Waals surface area (Å²) in [6, 6.07) is -0.230. The second-order valence-electron chi connectivity index (χ2n) is 4.23. The lowest BCUT2D eigenvalue weighted by Gasteiger charge is -2.22. The first-order chi connectivity index (χ1) is 7.47. The molecule has 0 radical (unpaired) electrons. The molecule has 1 atom stereocenters. The largest absolute Gasteiger partial charge is 0.327 e. The van der Waals surface area contributed by atoms with Crippen molar-refractivity contribution in [3.63, 3.8) is 0 Å². The number of nitrogens with two attached hydrogens (primary N) is 1. The normalized spacial score (nSPS) is 14.3.